The molecule has 2 heterocycles. The molecule has 184 valence electrons. The molecule has 3 amide bonds. The Balaban J connectivity index is 1.64. The molecule has 4 rings (SSSR count). The number of amides is 3. The molecule has 0 aliphatic heterocycles. The Labute approximate surface area is 207 Å². The topological polar surface area (TPSA) is 91.7 Å². The number of furan rings is 1. The zero-order valence-corrected chi connectivity index (χ0v) is 20.3. The van der Waals surface area contributed by atoms with E-state index in [-0.39, 0.29) is 30.2 Å². The fourth-order valence-corrected chi connectivity index (χ4v) is 4.92. The first-order valence-electron chi connectivity index (χ1n) is 11.7. The summed E-state index contributed by atoms with van der Waals surface area (Å²) in [4.78, 5) is 41.3. The first kappa shape index (κ1) is 24.7. The molecule has 1 aliphatic rings. The Morgan fingerprint density at radius 3 is 2.46 bits per heavy atom. The van der Waals surface area contributed by atoms with E-state index in [1.807, 2.05) is 0 Å². The van der Waals surface area contributed by atoms with E-state index in [4.69, 9.17) is 4.42 Å². The highest BCUT2D eigenvalue weighted by Crippen LogP contribution is 2.30. The lowest BCUT2D eigenvalue weighted by Gasteiger charge is -2.32. The van der Waals surface area contributed by atoms with Crippen molar-refractivity contribution in [3.8, 4) is 0 Å². The maximum absolute atomic E-state index is 13.7. The number of nitrogens with one attached hydrogen (secondary N) is 2. The van der Waals surface area contributed by atoms with Gasteiger partial charge in [0.1, 0.15) is 17.3 Å². The number of rotatable bonds is 8. The molecule has 0 unspecified atom stereocenters. The molecule has 35 heavy (non-hydrogen) atoms. The van der Waals surface area contributed by atoms with Gasteiger partial charge in [0.05, 0.1) is 11.4 Å². The largest absolute Gasteiger partial charge is 0.464 e. The molecule has 0 spiro atoms. The van der Waals surface area contributed by atoms with Gasteiger partial charge in [0, 0.05) is 11.7 Å². The first-order valence-corrected chi connectivity index (χ1v) is 12.6. The quantitative estimate of drug-likeness (QED) is 0.470. The number of nitrogens with zero attached hydrogens (tertiary/aromatic N) is 1. The molecule has 1 atom stereocenters. The molecule has 0 bridgehead atoms. The van der Waals surface area contributed by atoms with E-state index in [0.29, 0.717) is 16.3 Å². The highest BCUT2D eigenvalue weighted by atomic mass is 32.1. The number of hydrogen-bond acceptors (Lipinski definition) is 5. The van der Waals surface area contributed by atoms with Crippen LogP contribution in [0.5, 0.6) is 0 Å². The summed E-state index contributed by atoms with van der Waals surface area (Å²) in [6, 6.07) is 11.0. The fraction of sp³-hybridized carbons (Fsp3) is 0.346. The number of hydrogen-bond donors (Lipinski definition) is 2. The Morgan fingerprint density at radius 2 is 1.83 bits per heavy atom. The summed E-state index contributed by atoms with van der Waals surface area (Å²) >= 11 is 1.26. The van der Waals surface area contributed by atoms with Crippen LogP contribution < -0.4 is 15.5 Å². The molecule has 1 aliphatic carbocycles. The maximum Gasteiger partial charge on any atom is 0.261 e. The van der Waals surface area contributed by atoms with E-state index in [1.165, 1.54) is 40.5 Å². The van der Waals surface area contributed by atoms with Crippen LogP contribution in [0, 0.1) is 12.7 Å². The Bertz CT molecular complexity index is 1150. The molecule has 1 saturated carbocycles. The van der Waals surface area contributed by atoms with Gasteiger partial charge in [0.15, 0.2) is 6.04 Å². The number of carbonyl (C=O) groups is 3. The molecule has 0 radical (unpaired) electrons. The van der Waals surface area contributed by atoms with Gasteiger partial charge in [-0.2, -0.15) is 0 Å². The molecule has 7 nitrogen and oxygen atoms in total. The van der Waals surface area contributed by atoms with Crippen molar-refractivity contribution in [3.63, 3.8) is 0 Å². The Morgan fingerprint density at radius 1 is 1.09 bits per heavy atom. The van der Waals surface area contributed by atoms with Gasteiger partial charge in [0.2, 0.25) is 5.91 Å². The van der Waals surface area contributed by atoms with E-state index in [2.05, 4.69) is 10.6 Å². The Kier molecular flexibility index (Phi) is 7.97. The molecule has 2 N–H and O–H groups in total. The average molecular weight is 498 g/mol. The molecule has 0 saturated heterocycles. The number of carbonyl (C=O) groups excluding carboxylic acids is 3. The van der Waals surface area contributed by atoms with Crippen molar-refractivity contribution < 1.29 is 23.2 Å². The average Bonchev–Trinajstić information content (AvgIpc) is 3.54. The zero-order valence-electron chi connectivity index (χ0n) is 19.5. The molecule has 1 fully saturated rings. The van der Waals surface area contributed by atoms with Crippen LogP contribution in [0.25, 0.3) is 0 Å². The standard InChI is InChI=1S/C26H28FN3O4S/c1-17-9-14-21(34-17)24(26(33)29-19-6-3-2-4-7-19)30(20-12-10-18(27)11-13-20)23(31)16-28-25(32)22-8-5-15-35-22/h5,8-15,19,24H,2-4,6-7,16H2,1H3,(H,28,32)(H,29,33)/t24-/m1/s1. The number of halogens is 1. The van der Waals surface area contributed by atoms with Gasteiger partial charge in [-0.25, -0.2) is 4.39 Å². The normalized spacial score (nSPS) is 14.8. The number of aryl methyl sites for hydroxylation is 1. The fourth-order valence-electron chi connectivity index (χ4n) is 4.28. The van der Waals surface area contributed by atoms with Gasteiger partial charge in [-0.05, 0) is 67.6 Å². The molecule has 9 heteroatoms. The van der Waals surface area contributed by atoms with Gasteiger partial charge in [0.25, 0.3) is 11.8 Å². The van der Waals surface area contributed by atoms with Crippen molar-refractivity contribution in [1.29, 1.82) is 0 Å². The van der Waals surface area contributed by atoms with Crippen LogP contribution in [-0.2, 0) is 9.59 Å². The van der Waals surface area contributed by atoms with Crippen molar-refractivity contribution in [2.75, 3.05) is 11.4 Å². The maximum atomic E-state index is 13.7. The second kappa shape index (κ2) is 11.3. The summed E-state index contributed by atoms with van der Waals surface area (Å²) in [7, 11) is 0. The third-order valence-corrected chi connectivity index (χ3v) is 6.88. The van der Waals surface area contributed by atoms with Gasteiger partial charge < -0.3 is 15.1 Å². The van der Waals surface area contributed by atoms with Crippen LogP contribution in [0.2, 0.25) is 0 Å². The first-order chi connectivity index (χ1) is 16.9. The smallest absolute Gasteiger partial charge is 0.261 e. The van der Waals surface area contributed by atoms with Crippen LogP contribution >= 0.6 is 11.3 Å². The second-order valence-corrected chi connectivity index (χ2v) is 9.54. The minimum atomic E-state index is -1.12. The molecular formula is C26H28FN3O4S. The van der Waals surface area contributed by atoms with E-state index < -0.39 is 17.8 Å². The molecular weight excluding hydrogens is 469 g/mol. The van der Waals surface area contributed by atoms with E-state index >= 15 is 0 Å². The molecule has 2 aromatic heterocycles. The third kappa shape index (κ3) is 6.16. The van der Waals surface area contributed by atoms with Crippen LogP contribution in [0.3, 0.4) is 0 Å². The van der Waals surface area contributed by atoms with Gasteiger partial charge in [-0.3, -0.25) is 19.3 Å². The highest BCUT2D eigenvalue weighted by Gasteiger charge is 2.36. The van der Waals surface area contributed by atoms with Crippen molar-refractivity contribution in [2.24, 2.45) is 0 Å². The van der Waals surface area contributed by atoms with Crippen LogP contribution in [0.4, 0.5) is 10.1 Å². The van der Waals surface area contributed by atoms with Crippen molar-refractivity contribution in [3.05, 3.63) is 76.1 Å². The van der Waals surface area contributed by atoms with E-state index in [0.717, 1.165) is 32.1 Å². The summed E-state index contributed by atoms with van der Waals surface area (Å²) in [5.41, 5.74) is 0.319. The monoisotopic (exact) mass is 497 g/mol. The van der Waals surface area contributed by atoms with Gasteiger partial charge in [-0.1, -0.05) is 25.3 Å². The van der Waals surface area contributed by atoms with Crippen LogP contribution in [-0.4, -0.2) is 30.3 Å². The van der Waals surface area contributed by atoms with Gasteiger partial charge in [-0.15, -0.1) is 11.3 Å². The summed E-state index contributed by atoms with van der Waals surface area (Å²) < 4.78 is 19.5. The lowest BCUT2D eigenvalue weighted by Crippen LogP contribution is -2.49. The number of anilines is 1. The second-order valence-electron chi connectivity index (χ2n) is 8.59. The summed E-state index contributed by atoms with van der Waals surface area (Å²) in [5.74, 6) is -0.882. The minimum Gasteiger partial charge on any atom is -0.464 e. The minimum absolute atomic E-state index is 0.0125. The van der Waals surface area contributed by atoms with Crippen molar-refractivity contribution in [2.45, 2.75) is 51.1 Å². The molecule has 1 aromatic carbocycles. The van der Waals surface area contributed by atoms with Crippen molar-refractivity contribution in [1.82, 2.24) is 10.6 Å². The highest BCUT2D eigenvalue weighted by molar-refractivity contribution is 7.12. The SMILES string of the molecule is Cc1ccc([C@H](C(=O)NC2CCCCC2)N(C(=O)CNC(=O)c2cccs2)c2ccc(F)cc2)o1. The predicted molar refractivity (Wildman–Crippen MR) is 132 cm³/mol. The van der Waals surface area contributed by atoms with Crippen molar-refractivity contribution >= 4 is 34.7 Å². The van der Waals surface area contributed by atoms with Crippen LogP contribution in [0.15, 0.2) is 58.3 Å². The third-order valence-electron chi connectivity index (χ3n) is 6.01. The zero-order chi connectivity index (χ0) is 24.8. The van der Waals surface area contributed by atoms with E-state index in [1.54, 1.807) is 36.6 Å². The molecule has 3 aromatic rings. The van der Waals surface area contributed by atoms with Crippen LogP contribution in [0.1, 0.15) is 59.3 Å². The summed E-state index contributed by atoms with van der Waals surface area (Å²) in [5, 5.41) is 7.47. The van der Waals surface area contributed by atoms with Gasteiger partial charge >= 0.3 is 0 Å². The number of benzene rings is 1. The lowest BCUT2D eigenvalue weighted by molar-refractivity contribution is -0.127. The summed E-state index contributed by atoms with van der Waals surface area (Å²) in [6.45, 7) is 1.41. The number of thiophene rings is 1. The van der Waals surface area contributed by atoms with E-state index in [9.17, 15) is 18.8 Å². The Hall–Kier alpha value is -3.46. The lowest BCUT2D eigenvalue weighted by atomic mass is 9.95. The predicted octanol–water partition coefficient (Wildman–Crippen LogP) is 4.74. The summed E-state index contributed by atoms with van der Waals surface area (Å²) in [6.07, 6.45) is 4.95.